The van der Waals surface area contributed by atoms with Crippen molar-refractivity contribution in [1.82, 2.24) is 10.3 Å². The van der Waals surface area contributed by atoms with Gasteiger partial charge in [0.05, 0.1) is 5.69 Å². The Morgan fingerprint density at radius 2 is 2.25 bits per heavy atom. The summed E-state index contributed by atoms with van der Waals surface area (Å²) >= 11 is 1.81. The highest BCUT2D eigenvalue weighted by Crippen LogP contribution is 2.40. The number of nitrogens with zero attached hydrogens (tertiary/aromatic N) is 1. The average molecular weight is 238 g/mol. The Kier molecular flexibility index (Phi) is 3.98. The van der Waals surface area contributed by atoms with Crippen molar-refractivity contribution in [3.8, 4) is 0 Å². The number of rotatable bonds is 6. The van der Waals surface area contributed by atoms with Crippen molar-refractivity contribution < 1.29 is 0 Å². The van der Waals surface area contributed by atoms with E-state index in [9.17, 15) is 0 Å². The molecule has 16 heavy (non-hydrogen) atoms. The van der Waals surface area contributed by atoms with Crippen molar-refractivity contribution in [2.24, 2.45) is 5.92 Å². The van der Waals surface area contributed by atoms with Crippen molar-refractivity contribution in [3.63, 3.8) is 0 Å². The molecule has 2 nitrogen and oxygen atoms in total. The molecule has 1 aliphatic carbocycles. The molecule has 0 spiro atoms. The fraction of sp³-hybridized carbons (Fsp3) is 0.769. The van der Waals surface area contributed by atoms with Crippen molar-refractivity contribution in [1.29, 1.82) is 0 Å². The first-order chi connectivity index (χ1) is 7.70. The quantitative estimate of drug-likeness (QED) is 0.820. The first-order valence-electron chi connectivity index (χ1n) is 6.38. The van der Waals surface area contributed by atoms with Crippen molar-refractivity contribution >= 4 is 11.3 Å². The largest absolute Gasteiger partial charge is 0.308 e. The maximum Gasteiger partial charge on any atom is 0.107 e. The molecule has 90 valence electrons. The van der Waals surface area contributed by atoms with E-state index < -0.39 is 0 Å². The third-order valence-electron chi connectivity index (χ3n) is 3.64. The predicted molar refractivity (Wildman–Crippen MR) is 69.8 cm³/mol. The van der Waals surface area contributed by atoms with Crippen LogP contribution in [-0.2, 0) is 6.54 Å². The summed E-state index contributed by atoms with van der Waals surface area (Å²) in [6, 6.07) is 0.582. The molecule has 1 fully saturated rings. The van der Waals surface area contributed by atoms with E-state index >= 15 is 0 Å². The Balaban J connectivity index is 1.79. The average Bonchev–Trinajstić information content (AvgIpc) is 3.05. The molecule has 0 saturated heterocycles. The monoisotopic (exact) mass is 238 g/mol. The van der Waals surface area contributed by atoms with Crippen molar-refractivity contribution in [2.75, 3.05) is 0 Å². The number of nitrogens with one attached hydrogen (secondary N) is 1. The molecule has 0 aliphatic heterocycles. The molecule has 2 atom stereocenters. The second-order valence-electron chi connectivity index (χ2n) is 5.00. The van der Waals surface area contributed by atoms with Gasteiger partial charge in [-0.1, -0.05) is 20.3 Å². The lowest BCUT2D eigenvalue weighted by atomic mass is 10.0. The van der Waals surface area contributed by atoms with E-state index in [1.54, 1.807) is 11.3 Å². The van der Waals surface area contributed by atoms with E-state index in [4.69, 9.17) is 0 Å². The van der Waals surface area contributed by atoms with Crippen LogP contribution in [0.2, 0.25) is 0 Å². The van der Waals surface area contributed by atoms with Crippen molar-refractivity contribution in [3.05, 3.63) is 16.1 Å². The minimum absolute atomic E-state index is 0.582. The fourth-order valence-corrected chi connectivity index (χ4v) is 2.60. The summed E-state index contributed by atoms with van der Waals surface area (Å²) in [6.07, 6.45) is 3.93. The van der Waals surface area contributed by atoms with Gasteiger partial charge in [-0.25, -0.2) is 4.98 Å². The molecule has 0 bridgehead atoms. The maximum atomic E-state index is 4.69. The molecule has 0 aromatic carbocycles. The first kappa shape index (κ1) is 12.1. The normalized spacial score (nSPS) is 19.7. The smallest absolute Gasteiger partial charge is 0.107 e. The van der Waals surface area contributed by atoms with E-state index in [2.05, 4.69) is 36.5 Å². The van der Waals surface area contributed by atoms with Gasteiger partial charge < -0.3 is 5.32 Å². The number of hydrogen-bond acceptors (Lipinski definition) is 3. The van der Waals surface area contributed by atoms with Gasteiger partial charge in [-0.2, -0.15) is 0 Å². The lowest BCUT2D eigenvalue weighted by molar-refractivity contribution is 0.389. The summed E-state index contributed by atoms with van der Waals surface area (Å²) < 4.78 is 0. The zero-order valence-corrected chi connectivity index (χ0v) is 11.3. The molecular weight excluding hydrogens is 216 g/mol. The highest BCUT2D eigenvalue weighted by Gasteiger charge is 2.25. The predicted octanol–water partition coefficient (Wildman–Crippen LogP) is 3.54. The van der Waals surface area contributed by atoms with Gasteiger partial charge >= 0.3 is 0 Å². The Hall–Kier alpha value is -0.410. The van der Waals surface area contributed by atoms with Gasteiger partial charge in [0.2, 0.25) is 0 Å². The molecule has 1 aliphatic rings. The number of hydrogen-bond donors (Lipinski definition) is 1. The van der Waals surface area contributed by atoms with Crippen LogP contribution in [0.5, 0.6) is 0 Å². The van der Waals surface area contributed by atoms with E-state index in [1.165, 1.54) is 30.0 Å². The van der Waals surface area contributed by atoms with Crippen LogP contribution in [0.4, 0.5) is 0 Å². The van der Waals surface area contributed by atoms with Gasteiger partial charge in [0.1, 0.15) is 5.01 Å². The van der Waals surface area contributed by atoms with Gasteiger partial charge in [-0.15, -0.1) is 11.3 Å². The Morgan fingerprint density at radius 3 is 2.88 bits per heavy atom. The molecular formula is C13H22N2S. The Labute approximate surface area is 102 Å². The molecule has 1 heterocycles. The van der Waals surface area contributed by atoms with Gasteiger partial charge in [-0.3, -0.25) is 0 Å². The van der Waals surface area contributed by atoms with Crippen LogP contribution in [0.3, 0.4) is 0 Å². The Bertz CT molecular complexity index is 330. The summed E-state index contributed by atoms with van der Waals surface area (Å²) in [5, 5.41) is 7.06. The van der Waals surface area contributed by atoms with Crippen LogP contribution < -0.4 is 5.32 Å². The molecule has 0 amide bonds. The van der Waals surface area contributed by atoms with Crippen LogP contribution in [0.1, 0.15) is 56.7 Å². The third-order valence-corrected chi connectivity index (χ3v) is 4.50. The topological polar surface area (TPSA) is 24.9 Å². The first-order valence-corrected chi connectivity index (χ1v) is 7.26. The van der Waals surface area contributed by atoms with Crippen LogP contribution in [0, 0.1) is 5.92 Å². The van der Waals surface area contributed by atoms with Gasteiger partial charge in [-0.05, 0) is 25.7 Å². The highest BCUT2D eigenvalue weighted by molar-refractivity contribution is 7.09. The van der Waals surface area contributed by atoms with Gasteiger partial charge in [0, 0.05) is 23.9 Å². The fourth-order valence-electron chi connectivity index (χ4n) is 1.78. The minimum Gasteiger partial charge on any atom is -0.308 e. The van der Waals surface area contributed by atoms with Crippen molar-refractivity contribution in [2.45, 2.75) is 58.5 Å². The van der Waals surface area contributed by atoms with E-state index in [0.29, 0.717) is 6.04 Å². The molecule has 1 aromatic heterocycles. The summed E-state index contributed by atoms with van der Waals surface area (Å²) in [6.45, 7) is 7.75. The van der Waals surface area contributed by atoms with Crippen LogP contribution in [0.25, 0.3) is 0 Å². The molecule has 2 rings (SSSR count). The van der Waals surface area contributed by atoms with Gasteiger partial charge in [0.25, 0.3) is 0 Å². The summed E-state index contributed by atoms with van der Waals surface area (Å²) in [7, 11) is 0. The minimum atomic E-state index is 0.582. The lowest BCUT2D eigenvalue weighted by Crippen LogP contribution is -2.31. The maximum absolute atomic E-state index is 4.69. The van der Waals surface area contributed by atoms with E-state index in [0.717, 1.165) is 18.4 Å². The molecule has 1 aromatic rings. The molecule has 2 unspecified atom stereocenters. The summed E-state index contributed by atoms with van der Waals surface area (Å²) in [5.74, 6) is 1.53. The zero-order chi connectivity index (χ0) is 11.5. The van der Waals surface area contributed by atoms with Crippen LogP contribution in [-0.4, -0.2) is 11.0 Å². The lowest BCUT2D eigenvalue weighted by Gasteiger charge is -2.19. The van der Waals surface area contributed by atoms with Gasteiger partial charge in [0.15, 0.2) is 0 Å². The van der Waals surface area contributed by atoms with Crippen LogP contribution >= 0.6 is 11.3 Å². The summed E-state index contributed by atoms with van der Waals surface area (Å²) in [4.78, 5) is 4.69. The summed E-state index contributed by atoms with van der Waals surface area (Å²) in [5.41, 5.74) is 1.33. The highest BCUT2D eigenvalue weighted by atomic mass is 32.1. The number of thiazole rings is 1. The molecule has 3 heteroatoms. The molecule has 1 saturated carbocycles. The zero-order valence-electron chi connectivity index (χ0n) is 10.5. The van der Waals surface area contributed by atoms with E-state index in [-0.39, 0.29) is 0 Å². The van der Waals surface area contributed by atoms with E-state index in [1.807, 2.05) is 0 Å². The second kappa shape index (κ2) is 5.28. The molecule has 1 N–H and O–H groups in total. The SMILES string of the molecule is CCC(C)C(C)NCc1nc(C2CC2)cs1. The molecule has 0 radical (unpaired) electrons. The second-order valence-corrected chi connectivity index (χ2v) is 5.94. The Morgan fingerprint density at radius 1 is 1.50 bits per heavy atom. The standard InChI is InChI=1S/C13H22N2S/c1-4-9(2)10(3)14-7-13-15-12(8-16-13)11-5-6-11/h8-11,14H,4-7H2,1-3H3. The third kappa shape index (κ3) is 3.05. The van der Waals surface area contributed by atoms with Crippen LogP contribution in [0.15, 0.2) is 5.38 Å². The number of aromatic nitrogens is 1.